The summed E-state index contributed by atoms with van der Waals surface area (Å²) in [6.07, 6.45) is 5.60. The highest BCUT2D eigenvalue weighted by atomic mass is 19.1. The quantitative estimate of drug-likeness (QED) is 0.711. The van der Waals surface area contributed by atoms with Crippen molar-refractivity contribution in [2.24, 2.45) is 11.7 Å². The van der Waals surface area contributed by atoms with Crippen LogP contribution in [0.25, 0.3) is 11.6 Å². The minimum absolute atomic E-state index is 0.0228. The van der Waals surface area contributed by atoms with Crippen LogP contribution >= 0.6 is 0 Å². The molecule has 3 N–H and O–H groups in total. The molecule has 0 unspecified atom stereocenters. The third-order valence-electron chi connectivity index (χ3n) is 6.59. The van der Waals surface area contributed by atoms with Crippen molar-refractivity contribution in [1.29, 1.82) is 0 Å². The van der Waals surface area contributed by atoms with Gasteiger partial charge in [0.15, 0.2) is 0 Å². The second-order valence-corrected chi connectivity index (χ2v) is 9.35. The highest BCUT2D eigenvalue weighted by Gasteiger charge is 2.36. The SMILES string of the molecule is Cc1cc(C)c(/C=C2\C(=O)N(CC3CCC(N)CC3)c3cc(C(=O)N(C)C)c(F)cc32)[nH]1. The van der Waals surface area contributed by atoms with Gasteiger partial charge in [-0.2, -0.15) is 0 Å². The fourth-order valence-electron chi connectivity index (χ4n) is 4.77. The van der Waals surface area contributed by atoms with E-state index in [2.05, 4.69) is 4.98 Å². The molecule has 1 aromatic carbocycles. The van der Waals surface area contributed by atoms with Crippen molar-refractivity contribution in [2.45, 2.75) is 45.6 Å². The number of carbonyl (C=O) groups is 2. The summed E-state index contributed by atoms with van der Waals surface area (Å²) >= 11 is 0. The number of rotatable bonds is 4. The van der Waals surface area contributed by atoms with Crippen LogP contribution in [-0.4, -0.2) is 48.4 Å². The Morgan fingerprint density at radius 3 is 2.50 bits per heavy atom. The summed E-state index contributed by atoms with van der Waals surface area (Å²) in [7, 11) is 3.18. The number of nitrogens with one attached hydrogen (secondary N) is 1. The van der Waals surface area contributed by atoms with Gasteiger partial charge >= 0.3 is 0 Å². The van der Waals surface area contributed by atoms with Crippen molar-refractivity contribution in [3.05, 3.63) is 52.1 Å². The molecule has 0 spiro atoms. The molecule has 1 aliphatic carbocycles. The number of anilines is 1. The summed E-state index contributed by atoms with van der Waals surface area (Å²) in [4.78, 5) is 32.4. The van der Waals surface area contributed by atoms with Gasteiger partial charge in [-0.25, -0.2) is 4.39 Å². The van der Waals surface area contributed by atoms with Gasteiger partial charge in [-0.3, -0.25) is 9.59 Å². The molecule has 0 bridgehead atoms. The maximum atomic E-state index is 15.0. The molecule has 1 aromatic heterocycles. The van der Waals surface area contributed by atoms with Crippen molar-refractivity contribution in [1.82, 2.24) is 9.88 Å². The van der Waals surface area contributed by atoms with Crippen LogP contribution in [0.2, 0.25) is 0 Å². The van der Waals surface area contributed by atoms with Gasteiger partial charge in [-0.15, -0.1) is 0 Å². The fraction of sp³-hybridized carbons (Fsp3) is 0.440. The molecule has 7 heteroatoms. The van der Waals surface area contributed by atoms with E-state index in [0.717, 1.165) is 42.6 Å². The Balaban J connectivity index is 1.78. The van der Waals surface area contributed by atoms with Gasteiger partial charge in [0, 0.05) is 43.6 Å². The molecule has 6 nitrogen and oxygen atoms in total. The number of H-pyrrole nitrogens is 1. The number of carbonyl (C=O) groups excluding carboxylic acids is 2. The van der Waals surface area contributed by atoms with Crippen molar-refractivity contribution in [2.75, 3.05) is 25.5 Å². The van der Waals surface area contributed by atoms with Crippen LogP contribution in [0.4, 0.5) is 10.1 Å². The Kier molecular flexibility index (Phi) is 5.95. The molecule has 0 atom stereocenters. The lowest BCUT2D eigenvalue weighted by Crippen LogP contribution is -2.36. The summed E-state index contributed by atoms with van der Waals surface area (Å²) in [5.74, 6) is -0.866. The van der Waals surface area contributed by atoms with Crippen LogP contribution in [0, 0.1) is 25.6 Å². The second-order valence-electron chi connectivity index (χ2n) is 9.35. The van der Waals surface area contributed by atoms with Crippen LogP contribution in [0.15, 0.2) is 18.2 Å². The molecular formula is C25H31FN4O2. The standard InChI is InChI=1S/C25H31FN4O2/c1-14-9-15(2)28-22(14)11-19-18-10-21(26)20(24(31)29(3)4)12-23(18)30(25(19)32)13-16-5-7-17(27)8-6-16/h9-12,16-17,28H,5-8,13,27H2,1-4H3/b19-11-. The van der Waals surface area contributed by atoms with E-state index in [9.17, 15) is 14.0 Å². The van der Waals surface area contributed by atoms with E-state index in [1.54, 1.807) is 25.1 Å². The lowest BCUT2D eigenvalue weighted by Gasteiger charge is -2.30. The molecule has 1 fully saturated rings. The first-order valence-electron chi connectivity index (χ1n) is 11.2. The van der Waals surface area contributed by atoms with Crippen molar-refractivity contribution < 1.29 is 14.0 Å². The number of halogens is 1. The highest BCUT2D eigenvalue weighted by molar-refractivity contribution is 6.36. The predicted octanol–water partition coefficient (Wildman–Crippen LogP) is 3.88. The summed E-state index contributed by atoms with van der Waals surface area (Å²) < 4.78 is 15.0. The van der Waals surface area contributed by atoms with Gasteiger partial charge in [0.25, 0.3) is 11.8 Å². The fourth-order valence-corrected chi connectivity index (χ4v) is 4.77. The van der Waals surface area contributed by atoms with Gasteiger partial charge < -0.3 is 20.5 Å². The Morgan fingerprint density at radius 1 is 1.22 bits per heavy atom. The number of benzene rings is 1. The monoisotopic (exact) mass is 438 g/mol. The molecule has 170 valence electrons. The first-order chi connectivity index (χ1) is 15.2. The number of amides is 2. The maximum absolute atomic E-state index is 15.0. The number of fused-ring (bicyclic) bond motifs is 1. The van der Waals surface area contributed by atoms with Crippen LogP contribution in [0.5, 0.6) is 0 Å². The number of hydrogen-bond acceptors (Lipinski definition) is 3. The average molecular weight is 439 g/mol. The van der Waals surface area contributed by atoms with Crippen molar-refractivity contribution in [3.63, 3.8) is 0 Å². The number of aromatic nitrogens is 1. The Morgan fingerprint density at radius 2 is 1.91 bits per heavy atom. The Bertz CT molecular complexity index is 1090. The number of nitrogens with two attached hydrogens (primary N) is 1. The van der Waals surface area contributed by atoms with Gasteiger partial charge in [0.05, 0.1) is 16.8 Å². The number of hydrogen-bond donors (Lipinski definition) is 2. The zero-order chi connectivity index (χ0) is 23.2. The van der Waals surface area contributed by atoms with Gasteiger partial charge in [0.2, 0.25) is 0 Å². The zero-order valence-electron chi connectivity index (χ0n) is 19.2. The lowest BCUT2D eigenvalue weighted by molar-refractivity contribution is -0.113. The van der Waals surface area contributed by atoms with E-state index < -0.39 is 11.7 Å². The third kappa shape index (κ3) is 4.09. The summed E-state index contributed by atoms with van der Waals surface area (Å²) in [6.45, 7) is 4.47. The number of nitrogens with zero attached hydrogens (tertiary/aromatic N) is 2. The van der Waals surface area contributed by atoms with Crippen LogP contribution < -0.4 is 10.6 Å². The smallest absolute Gasteiger partial charge is 0.259 e. The van der Waals surface area contributed by atoms with Crippen LogP contribution in [0.1, 0.15) is 58.6 Å². The normalized spacial score (nSPS) is 21.9. The van der Waals surface area contributed by atoms with Gasteiger partial charge in [-0.1, -0.05) is 0 Å². The molecule has 1 aliphatic heterocycles. The van der Waals surface area contributed by atoms with E-state index in [1.165, 1.54) is 17.0 Å². The van der Waals surface area contributed by atoms with Crippen molar-refractivity contribution in [3.8, 4) is 0 Å². The molecule has 2 amide bonds. The van der Waals surface area contributed by atoms with Gasteiger partial charge in [-0.05, 0) is 75.3 Å². The lowest BCUT2D eigenvalue weighted by atomic mass is 9.86. The Hall–Kier alpha value is -2.93. The first kappa shape index (κ1) is 22.3. The summed E-state index contributed by atoms with van der Waals surface area (Å²) in [6, 6.07) is 5.10. The largest absolute Gasteiger partial charge is 0.359 e. The second kappa shape index (κ2) is 8.54. The van der Waals surface area contributed by atoms with Crippen LogP contribution in [0.3, 0.4) is 0 Å². The molecule has 32 heavy (non-hydrogen) atoms. The van der Waals surface area contributed by atoms with E-state index in [-0.39, 0.29) is 17.5 Å². The minimum atomic E-state index is -0.619. The predicted molar refractivity (Wildman–Crippen MR) is 125 cm³/mol. The zero-order valence-corrected chi connectivity index (χ0v) is 19.2. The highest BCUT2D eigenvalue weighted by Crippen LogP contribution is 2.41. The molecule has 0 saturated heterocycles. The first-order valence-corrected chi connectivity index (χ1v) is 11.2. The minimum Gasteiger partial charge on any atom is -0.359 e. The third-order valence-corrected chi connectivity index (χ3v) is 6.59. The maximum Gasteiger partial charge on any atom is 0.259 e. The molecule has 2 aromatic rings. The number of aromatic amines is 1. The van der Waals surface area contributed by atoms with E-state index in [4.69, 9.17) is 5.73 Å². The summed E-state index contributed by atoms with van der Waals surface area (Å²) in [5.41, 5.74) is 10.4. The molecule has 2 aliphatic rings. The molecule has 2 heterocycles. The van der Waals surface area contributed by atoms with E-state index in [1.807, 2.05) is 19.9 Å². The molecule has 4 rings (SSSR count). The molecular weight excluding hydrogens is 407 g/mol. The van der Waals surface area contributed by atoms with Gasteiger partial charge in [0.1, 0.15) is 5.82 Å². The topological polar surface area (TPSA) is 82.4 Å². The Labute approximate surface area is 188 Å². The summed E-state index contributed by atoms with van der Waals surface area (Å²) in [5, 5.41) is 0. The van der Waals surface area contributed by atoms with Crippen molar-refractivity contribution >= 4 is 29.2 Å². The van der Waals surface area contributed by atoms with E-state index in [0.29, 0.717) is 29.3 Å². The van der Waals surface area contributed by atoms with E-state index >= 15 is 0 Å². The molecule has 1 saturated carbocycles. The average Bonchev–Trinajstić information content (AvgIpc) is 3.18. The number of aryl methyl sites for hydroxylation is 2. The molecule has 0 radical (unpaired) electrons. The van der Waals surface area contributed by atoms with Crippen LogP contribution in [-0.2, 0) is 4.79 Å².